The lowest BCUT2D eigenvalue weighted by Crippen LogP contribution is -2.39. The number of rotatable bonds is 6. The van der Waals surface area contributed by atoms with Crippen molar-refractivity contribution in [2.45, 2.75) is 63.8 Å². The van der Waals surface area contributed by atoms with Gasteiger partial charge in [-0.3, -0.25) is 4.79 Å². The predicted molar refractivity (Wildman–Crippen MR) is 100 cm³/mol. The van der Waals surface area contributed by atoms with Gasteiger partial charge < -0.3 is 9.64 Å². The standard InChI is InChI=1S/C21H28ClNO2/c22-20-13-19(25-14-15-6-7-15)9-8-16(20)12-17-10-11-23(21(17)24)18-4-2-1-3-5-18/h8-9,13,15,17-18H,1-7,10-12,14H2. The Morgan fingerprint density at radius 1 is 1.08 bits per heavy atom. The van der Waals surface area contributed by atoms with Crippen LogP contribution in [0.1, 0.15) is 56.9 Å². The average Bonchev–Trinajstić information content (AvgIpc) is 3.39. The zero-order valence-electron chi connectivity index (χ0n) is 14.9. The van der Waals surface area contributed by atoms with Crippen molar-refractivity contribution in [3.63, 3.8) is 0 Å². The van der Waals surface area contributed by atoms with Crippen LogP contribution in [0.15, 0.2) is 18.2 Å². The molecule has 4 heteroatoms. The molecule has 0 spiro atoms. The van der Waals surface area contributed by atoms with Gasteiger partial charge in [0.15, 0.2) is 0 Å². The smallest absolute Gasteiger partial charge is 0.226 e. The van der Waals surface area contributed by atoms with Gasteiger partial charge in [-0.1, -0.05) is 36.9 Å². The second-order valence-electron chi connectivity index (χ2n) is 8.02. The summed E-state index contributed by atoms with van der Waals surface area (Å²) in [5, 5.41) is 0.734. The molecular formula is C21H28ClNO2. The van der Waals surface area contributed by atoms with Crippen LogP contribution in [0.25, 0.3) is 0 Å². The maximum Gasteiger partial charge on any atom is 0.226 e. The van der Waals surface area contributed by atoms with Gasteiger partial charge in [0.1, 0.15) is 5.75 Å². The van der Waals surface area contributed by atoms with Crippen LogP contribution in [0, 0.1) is 11.8 Å². The molecule has 0 aromatic heterocycles. The summed E-state index contributed by atoms with van der Waals surface area (Å²) in [4.78, 5) is 15.0. The van der Waals surface area contributed by atoms with E-state index in [1.807, 2.05) is 18.2 Å². The SMILES string of the molecule is O=C1C(Cc2ccc(OCC3CC3)cc2Cl)CCN1C1CCCCC1. The van der Waals surface area contributed by atoms with Gasteiger partial charge in [0.05, 0.1) is 6.61 Å². The first kappa shape index (κ1) is 17.2. The summed E-state index contributed by atoms with van der Waals surface area (Å²) in [6.07, 6.45) is 10.5. The number of halogens is 1. The molecule has 1 unspecified atom stereocenters. The zero-order chi connectivity index (χ0) is 17.2. The monoisotopic (exact) mass is 361 g/mol. The van der Waals surface area contributed by atoms with Crippen LogP contribution in [0.3, 0.4) is 0 Å². The summed E-state index contributed by atoms with van der Waals surface area (Å²) in [5.41, 5.74) is 1.07. The fourth-order valence-corrected chi connectivity index (χ4v) is 4.50. The minimum atomic E-state index is 0.0951. The molecule has 2 aliphatic carbocycles. The van der Waals surface area contributed by atoms with Crippen LogP contribution in [0.2, 0.25) is 5.02 Å². The van der Waals surface area contributed by atoms with E-state index >= 15 is 0 Å². The molecule has 25 heavy (non-hydrogen) atoms. The van der Waals surface area contributed by atoms with Gasteiger partial charge in [0.2, 0.25) is 5.91 Å². The van der Waals surface area contributed by atoms with Crippen molar-refractivity contribution in [1.29, 1.82) is 0 Å². The Morgan fingerprint density at radius 2 is 1.88 bits per heavy atom. The van der Waals surface area contributed by atoms with E-state index in [9.17, 15) is 4.79 Å². The number of carbonyl (C=O) groups excluding carboxylic acids is 1. The number of amides is 1. The molecule has 1 saturated heterocycles. The third kappa shape index (κ3) is 4.13. The molecule has 0 bridgehead atoms. The molecule has 1 heterocycles. The van der Waals surface area contributed by atoms with E-state index in [1.54, 1.807) is 0 Å². The maximum atomic E-state index is 12.8. The van der Waals surface area contributed by atoms with Crippen molar-refractivity contribution >= 4 is 17.5 Å². The highest BCUT2D eigenvalue weighted by Gasteiger charge is 2.36. The lowest BCUT2D eigenvalue weighted by atomic mass is 9.94. The summed E-state index contributed by atoms with van der Waals surface area (Å²) in [6, 6.07) is 6.45. The van der Waals surface area contributed by atoms with Gasteiger partial charge >= 0.3 is 0 Å². The Morgan fingerprint density at radius 3 is 2.60 bits per heavy atom. The second kappa shape index (κ2) is 7.57. The highest BCUT2D eigenvalue weighted by molar-refractivity contribution is 6.31. The maximum absolute atomic E-state index is 12.8. The molecule has 3 nitrogen and oxygen atoms in total. The number of benzene rings is 1. The van der Waals surface area contributed by atoms with Gasteiger partial charge in [0, 0.05) is 23.5 Å². The fraction of sp³-hybridized carbons (Fsp3) is 0.667. The van der Waals surface area contributed by atoms with Gasteiger partial charge in [-0.2, -0.15) is 0 Å². The van der Waals surface area contributed by atoms with Crippen LogP contribution in [-0.2, 0) is 11.2 Å². The molecule has 4 rings (SSSR count). The highest BCUT2D eigenvalue weighted by Crippen LogP contribution is 2.33. The Hall–Kier alpha value is -1.22. The molecule has 0 radical (unpaired) electrons. The average molecular weight is 362 g/mol. The topological polar surface area (TPSA) is 29.5 Å². The number of likely N-dealkylation sites (tertiary alicyclic amines) is 1. The van der Waals surface area contributed by atoms with Crippen molar-refractivity contribution in [3.05, 3.63) is 28.8 Å². The summed E-state index contributed by atoms with van der Waals surface area (Å²) in [6.45, 7) is 1.72. The number of hydrogen-bond donors (Lipinski definition) is 0. The quantitative estimate of drug-likeness (QED) is 0.724. The van der Waals surface area contributed by atoms with E-state index in [0.717, 1.165) is 48.2 Å². The lowest BCUT2D eigenvalue weighted by Gasteiger charge is -2.31. The first-order chi connectivity index (χ1) is 12.2. The Bertz CT molecular complexity index is 622. The molecule has 1 aromatic carbocycles. The predicted octanol–water partition coefficient (Wildman–Crippen LogP) is 4.85. The van der Waals surface area contributed by atoms with Crippen molar-refractivity contribution in [1.82, 2.24) is 4.90 Å². The lowest BCUT2D eigenvalue weighted by molar-refractivity contribution is -0.133. The van der Waals surface area contributed by atoms with Crippen LogP contribution in [0.4, 0.5) is 0 Å². The summed E-state index contributed by atoms with van der Waals surface area (Å²) < 4.78 is 5.79. The van der Waals surface area contributed by atoms with Crippen molar-refractivity contribution < 1.29 is 9.53 Å². The first-order valence-electron chi connectivity index (χ1n) is 9.92. The number of hydrogen-bond acceptors (Lipinski definition) is 2. The molecule has 2 saturated carbocycles. The van der Waals surface area contributed by atoms with Crippen LogP contribution < -0.4 is 4.74 Å². The van der Waals surface area contributed by atoms with E-state index in [-0.39, 0.29) is 5.92 Å². The van der Waals surface area contributed by atoms with Gasteiger partial charge in [-0.15, -0.1) is 0 Å². The van der Waals surface area contributed by atoms with Crippen molar-refractivity contribution in [2.24, 2.45) is 11.8 Å². The van der Waals surface area contributed by atoms with E-state index < -0.39 is 0 Å². The molecule has 136 valence electrons. The molecule has 1 atom stereocenters. The molecule has 3 fully saturated rings. The van der Waals surface area contributed by atoms with Crippen molar-refractivity contribution in [3.8, 4) is 5.75 Å². The van der Waals surface area contributed by atoms with Crippen LogP contribution in [-0.4, -0.2) is 30.0 Å². The zero-order valence-corrected chi connectivity index (χ0v) is 15.6. The summed E-state index contributed by atoms with van der Waals surface area (Å²) in [5.74, 6) is 2.03. The van der Waals surface area contributed by atoms with Crippen LogP contribution >= 0.6 is 11.6 Å². The Balaban J connectivity index is 1.35. The van der Waals surface area contributed by atoms with E-state index in [2.05, 4.69) is 4.90 Å². The third-order valence-corrected chi connectivity index (χ3v) is 6.39. The van der Waals surface area contributed by atoms with E-state index in [4.69, 9.17) is 16.3 Å². The normalized spacial score (nSPS) is 24.8. The fourth-order valence-electron chi connectivity index (χ4n) is 4.26. The minimum absolute atomic E-state index is 0.0951. The molecular weight excluding hydrogens is 334 g/mol. The van der Waals surface area contributed by atoms with Gasteiger partial charge in [-0.05, 0) is 62.1 Å². The van der Waals surface area contributed by atoms with Gasteiger partial charge in [0.25, 0.3) is 0 Å². The minimum Gasteiger partial charge on any atom is -0.493 e. The molecule has 3 aliphatic rings. The Kier molecular flexibility index (Phi) is 5.21. The first-order valence-corrected chi connectivity index (χ1v) is 10.3. The molecule has 1 aromatic rings. The largest absolute Gasteiger partial charge is 0.493 e. The molecule has 0 N–H and O–H groups in total. The number of ether oxygens (including phenoxy) is 1. The summed E-state index contributed by atoms with van der Waals surface area (Å²) in [7, 11) is 0. The number of nitrogens with zero attached hydrogens (tertiary/aromatic N) is 1. The number of carbonyl (C=O) groups is 1. The highest BCUT2D eigenvalue weighted by atomic mass is 35.5. The Labute approximate surface area is 155 Å². The van der Waals surface area contributed by atoms with E-state index in [0.29, 0.717) is 11.9 Å². The van der Waals surface area contributed by atoms with Gasteiger partial charge in [-0.25, -0.2) is 0 Å². The second-order valence-corrected chi connectivity index (χ2v) is 8.43. The third-order valence-electron chi connectivity index (χ3n) is 6.04. The van der Waals surface area contributed by atoms with Crippen molar-refractivity contribution in [2.75, 3.05) is 13.2 Å². The molecule has 1 amide bonds. The van der Waals surface area contributed by atoms with Crippen LogP contribution in [0.5, 0.6) is 5.75 Å². The summed E-state index contributed by atoms with van der Waals surface area (Å²) >= 11 is 6.47. The van der Waals surface area contributed by atoms with E-state index in [1.165, 1.54) is 44.9 Å². The molecule has 1 aliphatic heterocycles.